The fourth-order valence-corrected chi connectivity index (χ4v) is 2.06. The summed E-state index contributed by atoms with van der Waals surface area (Å²) < 4.78 is 0. The van der Waals surface area contributed by atoms with Crippen molar-refractivity contribution < 1.29 is 0 Å². The van der Waals surface area contributed by atoms with Crippen LogP contribution in [-0.4, -0.2) is 23.5 Å². The number of aromatic nitrogens is 1. The molecular formula is C16H21N3. The fraction of sp³-hybridized carbons (Fsp3) is 0.312. The SMILES string of the molecule is CC(c1ccc(N)cc1)N(C)CCc1ccccn1. The first-order chi connectivity index (χ1) is 9.16. The highest BCUT2D eigenvalue weighted by atomic mass is 15.1. The molecule has 0 aliphatic heterocycles. The van der Waals surface area contributed by atoms with E-state index >= 15 is 0 Å². The van der Waals surface area contributed by atoms with Crippen LogP contribution in [0.5, 0.6) is 0 Å². The van der Waals surface area contributed by atoms with Crippen molar-refractivity contribution in [2.24, 2.45) is 0 Å². The van der Waals surface area contributed by atoms with Crippen LogP contribution in [0.3, 0.4) is 0 Å². The highest BCUT2D eigenvalue weighted by Crippen LogP contribution is 2.19. The van der Waals surface area contributed by atoms with Crippen LogP contribution in [0.25, 0.3) is 0 Å². The minimum atomic E-state index is 0.379. The van der Waals surface area contributed by atoms with Crippen LogP contribution in [0.1, 0.15) is 24.2 Å². The average molecular weight is 255 g/mol. The predicted molar refractivity (Wildman–Crippen MR) is 79.8 cm³/mol. The van der Waals surface area contributed by atoms with Crippen molar-refractivity contribution >= 4 is 5.69 Å². The quantitative estimate of drug-likeness (QED) is 0.835. The van der Waals surface area contributed by atoms with Gasteiger partial charge in [0.1, 0.15) is 0 Å². The van der Waals surface area contributed by atoms with Crippen molar-refractivity contribution in [3.8, 4) is 0 Å². The molecular weight excluding hydrogens is 234 g/mol. The third kappa shape index (κ3) is 3.80. The molecule has 0 amide bonds. The van der Waals surface area contributed by atoms with Gasteiger partial charge in [0.05, 0.1) is 0 Å². The van der Waals surface area contributed by atoms with Gasteiger partial charge in [0.2, 0.25) is 0 Å². The Labute approximate surface area is 115 Å². The molecule has 0 spiro atoms. The number of pyridine rings is 1. The summed E-state index contributed by atoms with van der Waals surface area (Å²) in [6.07, 6.45) is 2.81. The highest BCUT2D eigenvalue weighted by molar-refractivity contribution is 5.40. The third-order valence-corrected chi connectivity index (χ3v) is 3.53. The minimum Gasteiger partial charge on any atom is -0.399 e. The molecule has 0 aliphatic carbocycles. The number of anilines is 1. The molecule has 0 saturated heterocycles. The molecule has 0 aliphatic rings. The zero-order chi connectivity index (χ0) is 13.7. The zero-order valence-corrected chi connectivity index (χ0v) is 11.6. The normalized spacial score (nSPS) is 12.6. The van der Waals surface area contributed by atoms with Crippen molar-refractivity contribution in [1.82, 2.24) is 9.88 Å². The van der Waals surface area contributed by atoms with Gasteiger partial charge < -0.3 is 5.73 Å². The number of benzene rings is 1. The lowest BCUT2D eigenvalue weighted by Crippen LogP contribution is -2.25. The molecule has 1 heterocycles. The number of nitrogens with zero attached hydrogens (tertiary/aromatic N) is 2. The summed E-state index contributed by atoms with van der Waals surface area (Å²) in [4.78, 5) is 6.68. The Balaban J connectivity index is 1.92. The van der Waals surface area contributed by atoms with Gasteiger partial charge in [-0.2, -0.15) is 0 Å². The molecule has 2 N–H and O–H groups in total. The summed E-state index contributed by atoms with van der Waals surface area (Å²) in [5.74, 6) is 0. The number of likely N-dealkylation sites (N-methyl/N-ethyl adjacent to an activating group) is 1. The lowest BCUT2D eigenvalue weighted by atomic mass is 10.1. The molecule has 0 saturated carbocycles. The average Bonchev–Trinajstić information content (AvgIpc) is 2.46. The molecule has 1 aromatic carbocycles. The first-order valence-electron chi connectivity index (χ1n) is 6.62. The van der Waals surface area contributed by atoms with Gasteiger partial charge in [0.15, 0.2) is 0 Å². The summed E-state index contributed by atoms with van der Waals surface area (Å²) in [7, 11) is 2.14. The second-order valence-corrected chi connectivity index (χ2v) is 4.89. The Morgan fingerprint density at radius 2 is 1.89 bits per heavy atom. The van der Waals surface area contributed by atoms with Gasteiger partial charge in [0, 0.05) is 36.6 Å². The van der Waals surface area contributed by atoms with Crippen molar-refractivity contribution in [3.05, 3.63) is 59.9 Å². The highest BCUT2D eigenvalue weighted by Gasteiger charge is 2.11. The number of hydrogen-bond acceptors (Lipinski definition) is 3. The maximum atomic E-state index is 5.72. The van der Waals surface area contributed by atoms with E-state index in [-0.39, 0.29) is 0 Å². The van der Waals surface area contributed by atoms with E-state index in [2.05, 4.69) is 42.1 Å². The standard InChI is InChI=1S/C16H21N3/c1-13(14-6-8-15(17)9-7-14)19(2)12-10-16-5-3-4-11-18-16/h3-9,11,13H,10,12,17H2,1-2H3. The predicted octanol–water partition coefficient (Wildman–Crippen LogP) is 2.90. The van der Waals surface area contributed by atoms with Gasteiger partial charge in [-0.25, -0.2) is 0 Å². The zero-order valence-electron chi connectivity index (χ0n) is 11.6. The van der Waals surface area contributed by atoms with Crippen LogP contribution in [0.4, 0.5) is 5.69 Å². The van der Waals surface area contributed by atoms with Gasteiger partial charge in [-0.05, 0) is 43.8 Å². The Hall–Kier alpha value is -1.87. The maximum absolute atomic E-state index is 5.72. The van der Waals surface area contributed by atoms with Gasteiger partial charge in [-0.15, -0.1) is 0 Å². The first kappa shape index (κ1) is 13.6. The van der Waals surface area contributed by atoms with Crippen LogP contribution in [-0.2, 0) is 6.42 Å². The van der Waals surface area contributed by atoms with Crippen LogP contribution >= 0.6 is 0 Å². The Morgan fingerprint density at radius 1 is 1.16 bits per heavy atom. The Morgan fingerprint density at radius 3 is 2.53 bits per heavy atom. The first-order valence-corrected chi connectivity index (χ1v) is 6.62. The lowest BCUT2D eigenvalue weighted by molar-refractivity contribution is 0.264. The van der Waals surface area contributed by atoms with E-state index in [9.17, 15) is 0 Å². The molecule has 19 heavy (non-hydrogen) atoms. The molecule has 1 unspecified atom stereocenters. The third-order valence-electron chi connectivity index (χ3n) is 3.53. The summed E-state index contributed by atoms with van der Waals surface area (Å²) in [6, 6.07) is 14.5. The van der Waals surface area contributed by atoms with Crippen molar-refractivity contribution in [2.75, 3.05) is 19.3 Å². The van der Waals surface area contributed by atoms with Crippen LogP contribution in [0, 0.1) is 0 Å². The summed E-state index contributed by atoms with van der Waals surface area (Å²) in [5.41, 5.74) is 8.96. The van der Waals surface area contributed by atoms with E-state index in [1.54, 1.807) is 0 Å². The smallest absolute Gasteiger partial charge is 0.0416 e. The Kier molecular flexibility index (Phi) is 4.53. The van der Waals surface area contributed by atoms with E-state index in [1.165, 1.54) is 5.56 Å². The van der Waals surface area contributed by atoms with Crippen LogP contribution < -0.4 is 5.73 Å². The second kappa shape index (κ2) is 6.34. The van der Waals surface area contributed by atoms with Crippen molar-refractivity contribution in [2.45, 2.75) is 19.4 Å². The van der Waals surface area contributed by atoms with Crippen molar-refractivity contribution in [3.63, 3.8) is 0 Å². The molecule has 1 atom stereocenters. The lowest BCUT2D eigenvalue weighted by Gasteiger charge is -2.25. The molecule has 0 radical (unpaired) electrons. The number of rotatable bonds is 5. The fourth-order valence-electron chi connectivity index (χ4n) is 2.06. The van der Waals surface area contributed by atoms with Gasteiger partial charge in [-0.3, -0.25) is 9.88 Å². The molecule has 1 aromatic heterocycles. The van der Waals surface area contributed by atoms with Crippen LogP contribution in [0.2, 0.25) is 0 Å². The summed E-state index contributed by atoms with van der Waals surface area (Å²) >= 11 is 0. The van der Waals surface area contributed by atoms with E-state index < -0.39 is 0 Å². The van der Waals surface area contributed by atoms with E-state index in [0.29, 0.717) is 6.04 Å². The number of hydrogen-bond donors (Lipinski definition) is 1. The van der Waals surface area contributed by atoms with Gasteiger partial charge in [-0.1, -0.05) is 18.2 Å². The van der Waals surface area contributed by atoms with E-state index in [4.69, 9.17) is 5.73 Å². The van der Waals surface area contributed by atoms with Gasteiger partial charge >= 0.3 is 0 Å². The molecule has 3 heteroatoms. The summed E-state index contributed by atoms with van der Waals surface area (Å²) in [5, 5.41) is 0. The van der Waals surface area contributed by atoms with E-state index in [0.717, 1.165) is 24.3 Å². The topological polar surface area (TPSA) is 42.1 Å². The minimum absolute atomic E-state index is 0.379. The molecule has 0 fully saturated rings. The molecule has 2 aromatic rings. The number of nitrogen functional groups attached to an aromatic ring is 1. The Bertz CT molecular complexity index is 493. The monoisotopic (exact) mass is 255 g/mol. The largest absolute Gasteiger partial charge is 0.399 e. The molecule has 3 nitrogen and oxygen atoms in total. The molecule has 2 rings (SSSR count). The van der Waals surface area contributed by atoms with Crippen LogP contribution in [0.15, 0.2) is 48.7 Å². The maximum Gasteiger partial charge on any atom is 0.0416 e. The van der Waals surface area contributed by atoms with Gasteiger partial charge in [0.25, 0.3) is 0 Å². The number of nitrogens with two attached hydrogens (primary N) is 1. The molecule has 0 bridgehead atoms. The van der Waals surface area contributed by atoms with E-state index in [1.807, 2.05) is 30.5 Å². The molecule has 100 valence electrons. The summed E-state index contributed by atoms with van der Waals surface area (Å²) in [6.45, 7) is 3.20. The second-order valence-electron chi connectivity index (χ2n) is 4.89. The van der Waals surface area contributed by atoms with Crippen molar-refractivity contribution in [1.29, 1.82) is 0 Å².